The molecule has 2 aromatic rings. The van der Waals surface area contributed by atoms with Crippen molar-refractivity contribution in [2.24, 2.45) is 5.92 Å². The Balaban J connectivity index is 1.41. The zero-order chi connectivity index (χ0) is 23.5. The lowest BCUT2D eigenvalue weighted by atomic mass is 10.0. The highest BCUT2D eigenvalue weighted by Crippen LogP contribution is 2.28. The SMILES string of the molecule is Cc1ccc(F)c(C(=O)Nc2cc(F)cc(CN3CCN(C(=O)C4CCCC4)CC3)c2C)c1. The number of carbonyl (C=O) groups excluding carboxylic acids is 2. The maximum absolute atomic E-state index is 14.4. The number of nitrogens with zero attached hydrogens (tertiary/aromatic N) is 2. The van der Waals surface area contributed by atoms with Crippen LogP contribution in [0.25, 0.3) is 0 Å². The van der Waals surface area contributed by atoms with Crippen LogP contribution in [0.1, 0.15) is 52.7 Å². The van der Waals surface area contributed by atoms with Crippen LogP contribution >= 0.6 is 0 Å². The second-order valence-electron chi connectivity index (χ2n) is 9.26. The summed E-state index contributed by atoms with van der Waals surface area (Å²) in [5, 5.41) is 2.68. The summed E-state index contributed by atoms with van der Waals surface area (Å²) in [5.41, 5.74) is 2.56. The molecule has 5 nitrogen and oxygen atoms in total. The number of benzene rings is 2. The topological polar surface area (TPSA) is 52.7 Å². The number of carbonyl (C=O) groups is 2. The molecule has 0 aromatic heterocycles. The van der Waals surface area contributed by atoms with E-state index in [1.165, 1.54) is 24.3 Å². The van der Waals surface area contributed by atoms with Gasteiger partial charge in [0, 0.05) is 44.3 Å². The minimum absolute atomic E-state index is 0.0664. The molecule has 1 aliphatic carbocycles. The molecule has 0 atom stereocenters. The van der Waals surface area contributed by atoms with Gasteiger partial charge in [0.05, 0.1) is 5.56 Å². The first-order valence-electron chi connectivity index (χ1n) is 11.7. The van der Waals surface area contributed by atoms with Gasteiger partial charge in [0.1, 0.15) is 11.6 Å². The third-order valence-electron chi connectivity index (χ3n) is 6.88. The first-order valence-corrected chi connectivity index (χ1v) is 11.7. The Kier molecular flexibility index (Phi) is 7.08. The van der Waals surface area contributed by atoms with Crippen molar-refractivity contribution in [3.05, 3.63) is 64.2 Å². The Bertz CT molecular complexity index is 1040. The molecule has 0 radical (unpaired) electrons. The van der Waals surface area contributed by atoms with Crippen LogP contribution in [0, 0.1) is 31.4 Å². The Hall–Kier alpha value is -2.80. The van der Waals surface area contributed by atoms with Crippen molar-refractivity contribution in [3.63, 3.8) is 0 Å². The molecule has 2 aliphatic rings. The molecular weight excluding hydrogens is 424 g/mol. The highest BCUT2D eigenvalue weighted by molar-refractivity contribution is 6.05. The van der Waals surface area contributed by atoms with Gasteiger partial charge in [-0.3, -0.25) is 14.5 Å². The predicted molar refractivity (Wildman–Crippen MR) is 124 cm³/mol. The molecule has 0 spiro atoms. The molecule has 0 bridgehead atoms. The molecule has 1 heterocycles. The molecule has 1 aliphatic heterocycles. The van der Waals surface area contributed by atoms with Gasteiger partial charge in [0.2, 0.25) is 5.91 Å². The van der Waals surface area contributed by atoms with Gasteiger partial charge in [0.25, 0.3) is 5.91 Å². The fourth-order valence-electron chi connectivity index (χ4n) is 4.83. The van der Waals surface area contributed by atoms with E-state index in [4.69, 9.17) is 0 Å². The number of aryl methyl sites for hydroxylation is 1. The minimum atomic E-state index is -0.614. The molecule has 1 N–H and O–H groups in total. The van der Waals surface area contributed by atoms with Crippen molar-refractivity contribution in [2.75, 3.05) is 31.5 Å². The van der Waals surface area contributed by atoms with Gasteiger partial charge in [-0.1, -0.05) is 24.5 Å². The maximum atomic E-state index is 14.4. The van der Waals surface area contributed by atoms with E-state index in [1.807, 2.05) is 11.8 Å². The molecular formula is C26H31F2N3O2. The van der Waals surface area contributed by atoms with Gasteiger partial charge in [0.15, 0.2) is 0 Å². The Morgan fingerprint density at radius 2 is 1.70 bits per heavy atom. The maximum Gasteiger partial charge on any atom is 0.258 e. The zero-order valence-corrected chi connectivity index (χ0v) is 19.3. The second-order valence-corrected chi connectivity index (χ2v) is 9.26. The lowest BCUT2D eigenvalue weighted by molar-refractivity contribution is -0.137. The molecule has 176 valence electrons. The standard InChI is InChI=1S/C26H31F2N3O2/c1-17-7-8-23(28)22(13-17)25(32)29-24-15-21(27)14-20(18(24)2)16-30-9-11-31(12-10-30)26(33)19-5-3-4-6-19/h7-8,13-15,19H,3-6,9-12,16H2,1-2H3,(H,29,32). The molecule has 0 unspecified atom stereocenters. The van der Waals surface area contributed by atoms with E-state index in [1.54, 1.807) is 13.0 Å². The number of hydrogen-bond acceptors (Lipinski definition) is 3. The van der Waals surface area contributed by atoms with Crippen LogP contribution in [0.4, 0.5) is 14.5 Å². The number of halogens is 2. The summed E-state index contributed by atoms with van der Waals surface area (Å²) in [6, 6.07) is 7.08. The molecule has 1 saturated carbocycles. The number of anilines is 1. The predicted octanol–water partition coefficient (Wildman–Crippen LogP) is 4.67. The van der Waals surface area contributed by atoms with Crippen molar-refractivity contribution in [3.8, 4) is 0 Å². The van der Waals surface area contributed by atoms with E-state index in [0.29, 0.717) is 25.3 Å². The van der Waals surface area contributed by atoms with Crippen molar-refractivity contribution in [2.45, 2.75) is 46.1 Å². The van der Waals surface area contributed by atoms with E-state index in [2.05, 4.69) is 10.2 Å². The van der Waals surface area contributed by atoms with Gasteiger partial charge < -0.3 is 10.2 Å². The van der Waals surface area contributed by atoms with Crippen LogP contribution in [0.3, 0.4) is 0 Å². The second kappa shape index (κ2) is 10.00. The molecule has 1 saturated heterocycles. The van der Waals surface area contributed by atoms with E-state index >= 15 is 0 Å². The number of hydrogen-bond donors (Lipinski definition) is 1. The van der Waals surface area contributed by atoms with Crippen molar-refractivity contribution >= 4 is 17.5 Å². The van der Waals surface area contributed by atoms with E-state index in [-0.39, 0.29) is 17.4 Å². The third-order valence-corrected chi connectivity index (χ3v) is 6.88. The Morgan fingerprint density at radius 1 is 1.00 bits per heavy atom. The van der Waals surface area contributed by atoms with Crippen molar-refractivity contribution in [1.29, 1.82) is 0 Å². The molecule has 4 rings (SSSR count). The summed E-state index contributed by atoms with van der Waals surface area (Å²) < 4.78 is 28.5. The molecule has 2 fully saturated rings. The van der Waals surface area contributed by atoms with Crippen LogP contribution in [0.5, 0.6) is 0 Å². The summed E-state index contributed by atoms with van der Waals surface area (Å²) >= 11 is 0. The van der Waals surface area contributed by atoms with Crippen molar-refractivity contribution < 1.29 is 18.4 Å². The fourth-order valence-corrected chi connectivity index (χ4v) is 4.83. The first kappa shape index (κ1) is 23.4. The van der Waals surface area contributed by atoms with Crippen LogP contribution < -0.4 is 5.32 Å². The summed E-state index contributed by atoms with van der Waals surface area (Å²) in [7, 11) is 0. The molecule has 7 heteroatoms. The van der Waals surface area contributed by atoms with E-state index in [0.717, 1.165) is 55.5 Å². The monoisotopic (exact) mass is 455 g/mol. The van der Waals surface area contributed by atoms with Gasteiger partial charge >= 0.3 is 0 Å². The summed E-state index contributed by atoms with van der Waals surface area (Å²) in [6.07, 6.45) is 4.29. The first-order chi connectivity index (χ1) is 15.8. The fraction of sp³-hybridized carbons (Fsp3) is 0.462. The van der Waals surface area contributed by atoms with E-state index in [9.17, 15) is 18.4 Å². The Labute approximate surface area is 193 Å². The number of piperazine rings is 1. The zero-order valence-electron chi connectivity index (χ0n) is 19.3. The quantitative estimate of drug-likeness (QED) is 0.713. The van der Waals surface area contributed by atoms with Crippen LogP contribution in [-0.4, -0.2) is 47.8 Å². The van der Waals surface area contributed by atoms with Gasteiger partial charge in [-0.25, -0.2) is 8.78 Å². The lowest BCUT2D eigenvalue weighted by Gasteiger charge is -2.36. The van der Waals surface area contributed by atoms with Crippen LogP contribution in [0.15, 0.2) is 30.3 Å². The van der Waals surface area contributed by atoms with Crippen LogP contribution in [0.2, 0.25) is 0 Å². The molecule has 2 amide bonds. The lowest BCUT2D eigenvalue weighted by Crippen LogP contribution is -2.49. The third kappa shape index (κ3) is 5.41. The molecule has 33 heavy (non-hydrogen) atoms. The normalized spacial score (nSPS) is 17.4. The van der Waals surface area contributed by atoms with Crippen molar-refractivity contribution in [1.82, 2.24) is 9.80 Å². The number of amides is 2. The summed E-state index contributed by atoms with van der Waals surface area (Å²) in [4.78, 5) is 29.5. The highest BCUT2D eigenvalue weighted by Gasteiger charge is 2.29. The van der Waals surface area contributed by atoms with Gasteiger partial charge in [-0.15, -0.1) is 0 Å². The number of rotatable bonds is 5. The highest BCUT2D eigenvalue weighted by atomic mass is 19.1. The van der Waals surface area contributed by atoms with Crippen LogP contribution in [-0.2, 0) is 11.3 Å². The smallest absolute Gasteiger partial charge is 0.258 e. The molecule has 2 aromatic carbocycles. The number of nitrogens with one attached hydrogen (secondary N) is 1. The average Bonchev–Trinajstić information content (AvgIpc) is 3.33. The van der Waals surface area contributed by atoms with Gasteiger partial charge in [-0.2, -0.15) is 0 Å². The largest absolute Gasteiger partial charge is 0.340 e. The van der Waals surface area contributed by atoms with Gasteiger partial charge in [-0.05, 0) is 62.1 Å². The Morgan fingerprint density at radius 3 is 2.39 bits per heavy atom. The minimum Gasteiger partial charge on any atom is -0.340 e. The summed E-state index contributed by atoms with van der Waals surface area (Å²) in [5.74, 6) is -1.20. The van der Waals surface area contributed by atoms with E-state index < -0.39 is 17.5 Å². The average molecular weight is 456 g/mol. The summed E-state index contributed by atoms with van der Waals surface area (Å²) in [6.45, 7) is 6.95.